The van der Waals surface area contributed by atoms with Crippen molar-refractivity contribution < 1.29 is 0 Å². The van der Waals surface area contributed by atoms with Crippen LogP contribution in [-0.2, 0) is 0 Å². The maximum absolute atomic E-state index is 4.69. The van der Waals surface area contributed by atoms with Gasteiger partial charge < -0.3 is 0 Å². The number of benzene rings is 8. The van der Waals surface area contributed by atoms with Crippen molar-refractivity contribution in [3.63, 3.8) is 0 Å². The number of aromatic nitrogens is 2. The Morgan fingerprint density at radius 2 is 0.638 bits per heavy atom. The Morgan fingerprint density at radius 3 is 1.10 bits per heavy atom. The van der Waals surface area contributed by atoms with Crippen LogP contribution in [0.3, 0.4) is 0 Å². The summed E-state index contributed by atoms with van der Waals surface area (Å²) in [5, 5.41) is 4.87. The van der Waals surface area contributed by atoms with E-state index in [9.17, 15) is 0 Å². The van der Waals surface area contributed by atoms with Gasteiger partial charge in [0, 0.05) is 23.5 Å². The molecule has 0 N–H and O–H groups in total. The number of aryl methyl sites for hydroxylation is 2. The van der Waals surface area contributed by atoms with Crippen molar-refractivity contribution in [2.24, 2.45) is 0 Å². The first-order chi connectivity index (χ1) is 28.6. The second-order valence-electron chi connectivity index (χ2n) is 15.2. The zero-order chi connectivity index (χ0) is 39.0. The van der Waals surface area contributed by atoms with E-state index in [4.69, 9.17) is 0 Å². The molecule has 2 heterocycles. The Labute approximate surface area is 339 Å². The molecule has 0 aliphatic heterocycles. The molecular formula is C56H40N2. The van der Waals surface area contributed by atoms with Gasteiger partial charge in [0.05, 0.1) is 11.4 Å². The Morgan fingerprint density at radius 1 is 0.259 bits per heavy atom. The monoisotopic (exact) mass is 740 g/mol. The summed E-state index contributed by atoms with van der Waals surface area (Å²) in [6.45, 7) is 4.23. The highest BCUT2D eigenvalue weighted by Crippen LogP contribution is 2.46. The van der Waals surface area contributed by atoms with Crippen LogP contribution in [0.1, 0.15) is 11.1 Å². The second-order valence-corrected chi connectivity index (χ2v) is 15.2. The van der Waals surface area contributed by atoms with Gasteiger partial charge in [-0.2, -0.15) is 0 Å². The van der Waals surface area contributed by atoms with Crippen molar-refractivity contribution in [3.05, 3.63) is 218 Å². The van der Waals surface area contributed by atoms with Crippen LogP contribution < -0.4 is 0 Å². The fourth-order valence-electron chi connectivity index (χ4n) is 8.37. The van der Waals surface area contributed by atoms with Gasteiger partial charge in [0.15, 0.2) is 0 Å². The summed E-state index contributed by atoms with van der Waals surface area (Å²) >= 11 is 0. The summed E-state index contributed by atoms with van der Waals surface area (Å²) in [7, 11) is 0. The van der Waals surface area contributed by atoms with E-state index in [-0.39, 0.29) is 0 Å². The van der Waals surface area contributed by atoms with Crippen LogP contribution in [0.2, 0.25) is 0 Å². The largest absolute Gasteiger partial charge is 0.256 e. The summed E-state index contributed by atoms with van der Waals surface area (Å²) in [4.78, 5) is 9.36. The van der Waals surface area contributed by atoms with Crippen LogP contribution in [0, 0.1) is 13.8 Å². The topological polar surface area (TPSA) is 25.8 Å². The molecule has 0 aliphatic carbocycles. The predicted molar refractivity (Wildman–Crippen MR) is 245 cm³/mol. The number of hydrogen-bond acceptors (Lipinski definition) is 2. The van der Waals surface area contributed by atoms with Gasteiger partial charge in [-0.05, 0) is 151 Å². The smallest absolute Gasteiger partial charge is 0.0704 e. The van der Waals surface area contributed by atoms with Crippen molar-refractivity contribution >= 4 is 21.5 Å². The molecule has 10 rings (SSSR count). The number of nitrogens with zero attached hydrogens (tertiary/aromatic N) is 2. The van der Waals surface area contributed by atoms with Crippen LogP contribution in [0.4, 0.5) is 0 Å². The highest BCUT2D eigenvalue weighted by molar-refractivity contribution is 6.22. The standard InChI is InChI=1S/C56H40N2/c1-37-27-29-57-53(31-37)41-17-21-43(22-18-41)55-49-15-9-10-16-50(49)56(44-23-19-42(20-24-44)54-32-38(2)28-30-58-54)52-36-45(25-26-51(52)55)48-34-46(39-11-5-3-6-12-39)33-47(35-48)40-13-7-4-8-14-40/h3-36H,1-2H3. The van der Waals surface area contributed by atoms with Crippen molar-refractivity contribution in [1.29, 1.82) is 0 Å². The Hall–Kier alpha value is -7.42. The van der Waals surface area contributed by atoms with Gasteiger partial charge >= 0.3 is 0 Å². The molecular weight excluding hydrogens is 701 g/mol. The van der Waals surface area contributed by atoms with Crippen molar-refractivity contribution in [2.45, 2.75) is 13.8 Å². The minimum absolute atomic E-state index is 0.982. The van der Waals surface area contributed by atoms with E-state index in [2.05, 4.69) is 206 Å². The fourth-order valence-corrected chi connectivity index (χ4v) is 8.37. The SMILES string of the molecule is Cc1ccnc(-c2ccc(-c3c4ccccc4c(-c4ccc(-c5cc(C)ccn5)cc4)c4cc(-c5cc(-c6ccccc6)cc(-c6ccccc6)c5)ccc34)cc2)c1. The molecule has 0 bridgehead atoms. The van der Waals surface area contributed by atoms with E-state index in [1.165, 1.54) is 88.3 Å². The molecule has 0 atom stereocenters. The minimum Gasteiger partial charge on any atom is -0.256 e. The van der Waals surface area contributed by atoms with Gasteiger partial charge in [0.25, 0.3) is 0 Å². The quantitative estimate of drug-likeness (QED) is 0.152. The van der Waals surface area contributed by atoms with Gasteiger partial charge in [0.2, 0.25) is 0 Å². The second kappa shape index (κ2) is 14.9. The number of hydrogen-bond donors (Lipinski definition) is 0. The lowest BCUT2D eigenvalue weighted by Gasteiger charge is -2.19. The average Bonchev–Trinajstić information content (AvgIpc) is 3.28. The molecule has 274 valence electrons. The highest BCUT2D eigenvalue weighted by atomic mass is 14.7. The van der Waals surface area contributed by atoms with Crippen LogP contribution >= 0.6 is 0 Å². The first-order valence-corrected chi connectivity index (χ1v) is 19.9. The maximum Gasteiger partial charge on any atom is 0.0704 e. The normalized spacial score (nSPS) is 11.3. The van der Waals surface area contributed by atoms with Gasteiger partial charge in [0.1, 0.15) is 0 Å². The number of rotatable bonds is 7. The van der Waals surface area contributed by atoms with Gasteiger partial charge in [-0.15, -0.1) is 0 Å². The van der Waals surface area contributed by atoms with E-state index in [0.717, 1.165) is 22.5 Å². The van der Waals surface area contributed by atoms with E-state index < -0.39 is 0 Å². The molecule has 0 spiro atoms. The Kier molecular flexibility index (Phi) is 9.01. The Balaban J connectivity index is 1.21. The number of pyridine rings is 2. The molecule has 0 amide bonds. The van der Waals surface area contributed by atoms with Gasteiger partial charge in [-0.3, -0.25) is 9.97 Å². The molecule has 0 fully saturated rings. The third kappa shape index (κ3) is 6.65. The Bertz CT molecular complexity index is 3030. The third-order valence-corrected chi connectivity index (χ3v) is 11.3. The lowest BCUT2D eigenvalue weighted by atomic mass is 9.84. The lowest BCUT2D eigenvalue weighted by molar-refractivity contribution is 1.29. The predicted octanol–water partition coefficient (Wildman–Crippen LogP) is 15.1. The van der Waals surface area contributed by atoms with E-state index in [0.29, 0.717) is 0 Å². The zero-order valence-corrected chi connectivity index (χ0v) is 32.5. The lowest BCUT2D eigenvalue weighted by Crippen LogP contribution is -1.93. The van der Waals surface area contributed by atoms with Gasteiger partial charge in [-0.25, -0.2) is 0 Å². The number of fused-ring (bicyclic) bond motifs is 2. The summed E-state index contributed by atoms with van der Waals surface area (Å²) in [5.74, 6) is 0. The van der Waals surface area contributed by atoms with E-state index >= 15 is 0 Å². The third-order valence-electron chi connectivity index (χ3n) is 11.3. The summed E-state index contributed by atoms with van der Waals surface area (Å²) in [6.07, 6.45) is 3.78. The molecule has 0 radical (unpaired) electrons. The minimum atomic E-state index is 0.982. The van der Waals surface area contributed by atoms with Crippen LogP contribution in [0.15, 0.2) is 207 Å². The van der Waals surface area contributed by atoms with Crippen molar-refractivity contribution in [1.82, 2.24) is 9.97 Å². The van der Waals surface area contributed by atoms with E-state index in [1.807, 2.05) is 24.5 Å². The van der Waals surface area contributed by atoms with Crippen LogP contribution in [0.25, 0.3) is 99.7 Å². The van der Waals surface area contributed by atoms with Crippen LogP contribution in [0.5, 0.6) is 0 Å². The summed E-state index contributed by atoms with van der Waals surface area (Å²) in [6, 6.07) is 70.6. The molecule has 0 saturated carbocycles. The molecule has 58 heavy (non-hydrogen) atoms. The van der Waals surface area contributed by atoms with Crippen LogP contribution in [-0.4, -0.2) is 9.97 Å². The summed E-state index contributed by atoms with van der Waals surface area (Å²) in [5.41, 5.74) is 18.5. The summed E-state index contributed by atoms with van der Waals surface area (Å²) < 4.78 is 0. The molecule has 0 saturated heterocycles. The highest BCUT2D eigenvalue weighted by Gasteiger charge is 2.19. The first-order valence-electron chi connectivity index (χ1n) is 19.9. The average molecular weight is 741 g/mol. The maximum atomic E-state index is 4.69. The van der Waals surface area contributed by atoms with Gasteiger partial charge in [-0.1, -0.05) is 146 Å². The zero-order valence-electron chi connectivity index (χ0n) is 32.5. The van der Waals surface area contributed by atoms with E-state index in [1.54, 1.807) is 0 Å². The molecule has 0 aliphatic rings. The molecule has 2 nitrogen and oxygen atoms in total. The van der Waals surface area contributed by atoms with Crippen molar-refractivity contribution in [2.75, 3.05) is 0 Å². The fraction of sp³-hybridized carbons (Fsp3) is 0.0357. The molecule has 2 aromatic heterocycles. The first kappa shape index (κ1) is 35.0. The molecule has 2 heteroatoms. The molecule has 10 aromatic rings. The molecule has 0 unspecified atom stereocenters. The van der Waals surface area contributed by atoms with Crippen molar-refractivity contribution in [3.8, 4) is 78.1 Å². The molecule has 8 aromatic carbocycles.